The molecule has 0 aliphatic heterocycles. The third-order valence-corrected chi connectivity index (χ3v) is 4.43. The molecule has 0 bridgehead atoms. The average molecular weight is 295 g/mol. The van der Waals surface area contributed by atoms with E-state index in [9.17, 15) is 9.59 Å². The van der Waals surface area contributed by atoms with E-state index in [-0.39, 0.29) is 23.8 Å². The van der Waals surface area contributed by atoms with Crippen LogP contribution in [0.3, 0.4) is 0 Å². The molecule has 4 N–H and O–H groups in total. The smallest absolute Gasteiger partial charge is 0.252 e. The van der Waals surface area contributed by atoms with E-state index in [2.05, 4.69) is 10.6 Å². The summed E-state index contributed by atoms with van der Waals surface area (Å²) in [5, 5.41) is 9.38. The van der Waals surface area contributed by atoms with Gasteiger partial charge in [-0.1, -0.05) is 0 Å². The minimum Gasteiger partial charge on any atom is -0.351 e. The highest BCUT2D eigenvalue weighted by Crippen LogP contribution is 2.38. The summed E-state index contributed by atoms with van der Waals surface area (Å²) in [5.41, 5.74) is 6.10. The quantitative estimate of drug-likeness (QED) is 0.704. The fraction of sp³-hybridized carbons (Fsp3) is 0.571. The maximum Gasteiger partial charge on any atom is 0.252 e. The summed E-state index contributed by atoms with van der Waals surface area (Å²) in [5.74, 6) is 0.301. The molecule has 0 spiro atoms. The Morgan fingerprint density at radius 1 is 1.50 bits per heavy atom. The van der Waals surface area contributed by atoms with E-state index in [4.69, 9.17) is 5.73 Å². The fourth-order valence-electron chi connectivity index (χ4n) is 2.21. The number of hydrogen-bond acceptors (Lipinski definition) is 4. The zero-order valence-corrected chi connectivity index (χ0v) is 12.5. The summed E-state index contributed by atoms with van der Waals surface area (Å²) < 4.78 is 0. The van der Waals surface area contributed by atoms with Gasteiger partial charge in [0.05, 0.1) is 5.54 Å². The van der Waals surface area contributed by atoms with Crippen molar-refractivity contribution in [3.8, 4) is 0 Å². The molecule has 1 aromatic rings. The van der Waals surface area contributed by atoms with Gasteiger partial charge in [0.2, 0.25) is 5.91 Å². The molecule has 1 aliphatic rings. The maximum atomic E-state index is 11.9. The van der Waals surface area contributed by atoms with Crippen LogP contribution < -0.4 is 16.4 Å². The summed E-state index contributed by atoms with van der Waals surface area (Å²) in [6.07, 6.45) is 2.53. The summed E-state index contributed by atoms with van der Waals surface area (Å²) in [7, 11) is 0. The molecule has 20 heavy (non-hydrogen) atoms. The van der Waals surface area contributed by atoms with E-state index in [1.165, 1.54) is 11.3 Å². The second kappa shape index (κ2) is 6.37. The zero-order chi connectivity index (χ0) is 14.6. The number of carbonyl (C=O) groups is 2. The van der Waals surface area contributed by atoms with Crippen LogP contribution in [-0.2, 0) is 4.79 Å². The Hall–Kier alpha value is -1.40. The van der Waals surface area contributed by atoms with Crippen molar-refractivity contribution in [3.63, 3.8) is 0 Å². The average Bonchev–Trinajstić information content (AvgIpc) is 3.14. The zero-order valence-electron chi connectivity index (χ0n) is 11.6. The molecule has 1 atom stereocenters. The van der Waals surface area contributed by atoms with Crippen molar-refractivity contribution in [2.75, 3.05) is 13.1 Å². The van der Waals surface area contributed by atoms with E-state index >= 15 is 0 Å². The molecule has 6 heteroatoms. The first kappa shape index (κ1) is 15.0. The minimum atomic E-state index is -0.297. The van der Waals surface area contributed by atoms with Crippen molar-refractivity contribution in [1.82, 2.24) is 10.6 Å². The summed E-state index contributed by atoms with van der Waals surface area (Å²) in [6.45, 7) is 2.78. The molecule has 1 heterocycles. The minimum absolute atomic E-state index is 0.0598. The second-order valence-electron chi connectivity index (χ2n) is 5.46. The SMILES string of the molecule is CC(CN)(NC(=O)CCNC(=O)c1ccsc1)C1CC1. The number of thiophene rings is 1. The Bertz CT molecular complexity index is 471. The molecule has 1 fully saturated rings. The van der Waals surface area contributed by atoms with Crippen molar-refractivity contribution < 1.29 is 9.59 Å². The van der Waals surface area contributed by atoms with Crippen molar-refractivity contribution >= 4 is 23.2 Å². The highest BCUT2D eigenvalue weighted by atomic mass is 32.1. The number of rotatable bonds is 7. The van der Waals surface area contributed by atoms with E-state index < -0.39 is 0 Å². The molecule has 2 amide bonds. The van der Waals surface area contributed by atoms with E-state index in [1.54, 1.807) is 11.4 Å². The van der Waals surface area contributed by atoms with E-state index in [1.807, 2.05) is 12.3 Å². The lowest BCUT2D eigenvalue weighted by Gasteiger charge is -2.29. The van der Waals surface area contributed by atoms with Crippen LogP contribution >= 0.6 is 11.3 Å². The highest BCUT2D eigenvalue weighted by molar-refractivity contribution is 7.08. The molecular weight excluding hydrogens is 274 g/mol. The molecule has 0 saturated heterocycles. The van der Waals surface area contributed by atoms with Gasteiger partial charge >= 0.3 is 0 Å². The van der Waals surface area contributed by atoms with Crippen LogP contribution in [0.2, 0.25) is 0 Å². The van der Waals surface area contributed by atoms with Crippen LogP contribution in [0.15, 0.2) is 16.8 Å². The Morgan fingerprint density at radius 3 is 2.80 bits per heavy atom. The van der Waals surface area contributed by atoms with E-state index in [0.29, 0.717) is 24.6 Å². The number of carbonyl (C=O) groups excluding carboxylic acids is 2. The normalized spacial score (nSPS) is 17.3. The molecular formula is C14H21N3O2S. The third kappa shape index (κ3) is 3.80. The van der Waals surface area contributed by atoms with Gasteiger partial charge in [-0.2, -0.15) is 11.3 Å². The van der Waals surface area contributed by atoms with Crippen molar-refractivity contribution in [3.05, 3.63) is 22.4 Å². The third-order valence-electron chi connectivity index (χ3n) is 3.75. The van der Waals surface area contributed by atoms with Gasteiger partial charge in [0, 0.05) is 30.5 Å². The lowest BCUT2D eigenvalue weighted by molar-refractivity contribution is -0.122. The molecule has 1 aromatic heterocycles. The van der Waals surface area contributed by atoms with Crippen molar-refractivity contribution in [1.29, 1.82) is 0 Å². The van der Waals surface area contributed by atoms with Crippen molar-refractivity contribution in [2.24, 2.45) is 11.7 Å². The largest absolute Gasteiger partial charge is 0.351 e. The van der Waals surface area contributed by atoms with Crippen LogP contribution in [0.4, 0.5) is 0 Å². The van der Waals surface area contributed by atoms with Crippen LogP contribution in [0.25, 0.3) is 0 Å². The Labute approximate surface area is 122 Å². The topological polar surface area (TPSA) is 84.2 Å². The molecule has 0 radical (unpaired) electrons. The molecule has 110 valence electrons. The number of nitrogens with one attached hydrogen (secondary N) is 2. The predicted octanol–water partition coefficient (Wildman–Crippen LogP) is 1.11. The van der Waals surface area contributed by atoms with Gasteiger partial charge in [-0.15, -0.1) is 0 Å². The summed E-state index contributed by atoms with van der Waals surface area (Å²) >= 11 is 1.47. The summed E-state index contributed by atoms with van der Waals surface area (Å²) in [6, 6.07) is 1.76. The standard InChI is InChI=1S/C14H21N3O2S/c1-14(9-15,11-2-3-11)17-12(18)4-6-16-13(19)10-5-7-20-8-10/h5,7-8,11H,2-4,6,9,15H2,1H3,(H,16,19)(H,17,18). The number of amides is 2. The monoisotopic (exact) mass is 295 g/mol. The fourth-order valence-corrected chi connectivity index (χ4v) is 2.84. The lowest BCUT2D eigenvalue weighted by Crippen LogP contribution is -2.53. The highest BCUT2D eigenvalue weighted by Gasteiger charge is 2.41. The molecule has 1 unspecified atom stereocenters. The van der Waals surface area contributed by atoms with Crippen LogP contribution in [-0.4, -0.2) is 30.4 Å². The number of hydrogen-bond donors (Lipinski definition) is 3. The van der Waals surface area contributed by atoms with Gasteiger partial charge in [0.15, 0.2) is 0 Å². The second-order valence-corrected chi connectivity index (χ2v) is 6.24. The van der Waals surface area contributed by atoms with E-state index in [0.717, 1.165) is 12.8 Å². The van der Waals surface area contributed by atoms with Gasteiger partial charge in [-0.3, -0.25) is 9.59 Å². The van der Waals surface area contributed by atoms with Crippen LogP contribution in [0.1, 0.15) is 36.5 Å². The van der Waals surface area contributed by atoms with Gasteiger partial charge < -0.3 is 16.4 Å². The first-order valence-electron chi connectivity index (χ1n) is 6.86. The molecule has 0 aromatic carbocycles. The first-order chi connectivity index (χ1) is 9.55. The van der Waals surface area contributed by atoms with Gasteiger partial charge in [-0.25, -0.2) is 0 Å². The molecule has 5 nitrogen and oxygen atoms in total. The molecule has 1 saturated carbocycles. The molecule has 1 aliphatic carbocycles. The first-order valence-corrected chi connectivity index (χ1v) is 7.81. The summed E-state index contributed by atoms with van der Waals surface area (Å²) in [4.78, 5) is 23.6. The van der Waals surface area contributed by atoms with Crippen molar-refractivity contribution in [2.45, 2.75) is 31.7 Å². The van der Waals surface area contributed by atoms with Gasteiger partial charge in [-0.05, 0) is 37.1 Å². The Balaban J connectivity index is 1.71. The Morgan fingerprint density at radius 2 is 2.25 bits per heavy atom. The maximum absolute atomic E-state index is 11.9. The Kier molecular flexibility index (Phi) is 4.77. The van der Waals surface area contributed by atoms with Crippen LogP contribution in [0.5, 0.6) is 0 Å². The van der Waals surface area contributed by atoms with Gasteiger partial charge in [0.1, 0.15) is 0 Å². The van der Waals surface area contributed by atoms with Crippen LogP contribution in [0, 0.1) is 5.92 Å². The number of nitrogens with two attached hydrogens (primary N) is 1. The van der Waals surface area contributed by atoms with Gasteiger partial charge in [0.25, 0.3) is 5.91 Å². The predicted molar refractivity (Wildman–Crippen MR) is 79.6 cm³/mol. The lowest BCUT2D eigenvalue weighted by atomic mass is 9.96. The molecule has 2 rings (SSSR count).